The topological polar surface area (TPSA) is 64.6 Å². The highest BCUT2D eigenvalue weighted by Gasteiger charge is 2.39. The number of thioether (sulfide) groups is 1. The molecule has 0 aliphatic carbocycles. The predicted octanol–water partition coefficient (Wildman–Crippen LogP) is 3.81. The Morgan fingerprint density at radius 3 is 2.63 bits per heavy atom. The van der Waals surface area contributed by atoms with Crippen LogP contribution in [-0.2, 0) is 11.2 Å². The van der Waals surface area contributed by atoms with Crippen molar-refractivity contribution >= 4 is 23.3 Å². The zero-order valence-electron chi connectivity index (χ0n) is 15.4. The van der Waals surface area contributed by atoms with E-state index < -0.39 is 4.75 Å². The van der Waals surface area contributed by atoms with Crippen LogP contribution in [-0.4, -0.2) is 36.5 Å². The number of ether oxygens (including phenoxy) is 2. The monoisotopic (exact) mass is 385 g/mol. The Hall–Kier alpha value is -2.47. The minimum Gasteiger partial charge on any atom is -0.497 e. The third-order valence-electron chi connectivity index (χ3n) is 4.63. The third-order valence-corrected chi connectivity index (χ3v) is 5.75. The molecule has 0 aromatic heterocycles. The van der Waals surface area contributed by atoms with Gasteiger partial charge in [-0.1, -0.05) is 31.2 Å². The summed E-state index contributed by atoms with van der Waals surface area (Å²) in [5.41, 5.74) is 2.16. The third kappa shape index (κ3) is 4.83. The SMILES string of the molecule is COc1cccc(C(C)COc2ccc(CC3(C=O)CNC(=O)S3)cc2)c1. The van der Waals surface area contributed by atoms with E-state index >= 15 is 0 Å². The summed E-state index contributed by atoms with van der Waals surface area (Å²) in [6.45, 7) is 3.04. The molecule has 1 heterocycles. The highest BCUT2D eigenvalue weighted by molar-refractivity contribution is 8.15. The quantitative estimate of drug-likeness (QED) is 0.700. The summed E-state index contributed by atoms with van der Waals surface area (Å²) in [5.74, 6) is 1.84. The van der Waals surface area contributed by atoms with E-state index in [9.17, 15) is 9.59 Å². The molecule has 2 aromatic rings. The molecule has 142 valence electrons. The first-order chi connectivity index (χ1) is 13.0. The largest absolute Gasteiger partial charge is 0.497 e. The van der Waals surface area contributed by atoms with Crippen molar-refractivity contribution in [2.75, 3.05) is 20.3 Å². The van der Waals surface area contributed by atoms with Gasteiger partial charge >= 0.3 is 0 Å². The van der Waals surface area contributed by atoms with Gasteiger partial charge in [-0.2, -0.15) is 0 Å². The molecule has 0 spiro atoms. The normalized spacial score (nSPS) is 20.0. The van der Waals surface area contributed by atoms with Gasteiger partial charge in [-0.15, -0.1) is 0 Å². The number of hydrogen-bond donors (Lipinski definition) is 1. The number of hydrogen-bond acceptors (Lipinski definition) is 5. The highest BCUT2D eigenvalue weighted by atomic mass is 32.2. The van der Waals surface area contributed by atoms with Crippen LogP contribution in [0.4, 0.5) is 4.79 Å². The van der Waals surface area contributed by atoms with Crippen molar-refractivity contribution in [3.05, 3.63) is 59.7 Å². The molecule has 0 saturated carbocycles. The molecule has 0 radical (unpaired) electrons. The molecule has 5 nitrogen and oxygen atoms in total. The van der Waals surface area contributed by atoms with Gasteiger partial charge in [0.05, 0.1) is 13.7 Å². The second kappa shape index (κ2) is 8.48. The minimum absolute atomic E-state index is 0.145. The van der Waals surface area contributed by atoms with Gasteiger partial charge < -0.3 is 19.6 Å². The second-order valence-electron chi connectivity index (χ2n) is 6.74. The van der Waals surface area contributed by atoms with Crippen LogP contribution in [0.25, 0.3) is 0 Å². The predicted molar refractivity (Wildman–Crippen MR) is 107 cm³/mol. The maximum Gasteiger partial charge on any atom is 0.280 e. The van der Waals surface area contributed by atoms with Gasteiger partial charge in [0.2, 0.25) is 0 Å². The fourth-order valence-corrected chi connectivity index (χ4v) is 3.94. The first-order valence-electron chi connectivity index (χ1n) is 8.82. The van der Waals surface area contributed by atoms with Gasteiger partial charge in [0, 0.05) is 12.5 Å². The summed E-state index contributed by atoms with van der Waals surface area (Å²) in [6, 6.07) is 15.7. The Kier molecular flexibility index (Phi) is 6.06. The van der Waals surface area contributed by atoms with Crippen molar-refractivity contribution in [1.82, 2.24) is 5.32 Å². The van der Waals surface area contributed by atoms with E-state index in [2.05, 4.69) is 18.3 Å². The summed E-state index contributed by atoms with van der Waals surface area (Å²) < 4.78 is 10.5. The van der Waals surface area contributed by atoms with E-state index in [4.69, 9.17) is 9.47 Å². The fourth-order valence-electron chi connectivity index (χ4n) is 3.00. The van der Waals surface area contributed by atoms with E-state index in [-0.39, 0.29) is 11.2 Å². The first-order valence-corrected chi connectivity index (χ1v) is 9.64. The number of benzene rings is 2. The molecule has 1 aliphatic heterocycles. The van der Waals surface area contributed by atoms with E-state index in [0.717, 1.165) is 40.7 Å². The summed E-state index contributed by atoms with van der Waals surface area (Å²) >= 11 is 1.07. The van der Waals surface area contributed by atoms with Crippen molar-refractivity contribution in [1.29, 1.82) is 0 Å². The zero-order chi connectivity index (χ0) is 19.3. The lowest BCUT2D eigenvalue weighted by molar-refractivity contribution is -0.109. The number of carbonyl (C=O) groups is 2. The molecule has 27 heavy (non-hydrogen) atoms. The van der Waals surface area contributed by atoms with Crippen LogP contribution in [0.5, 0.6) is 11.5 Å². The molecular formula is C21H23NO4S. The summed E-state index contributed by atoms with van der Waals surface area (Å²) in [4.78, 5) is 22.9. The fraction of sp³-hybridized carbons (Fsp3) is 0.333. The smallest absolute Gasteiger partial charge is 0.280 e. The number of nitrogens with one attached hydrogen (secondary N) is 1. The Balaban J connectivity index is 1.57. The lowest BCUT2D eigenvalue weighted by atomic mass is 9.99. The average Bonchev–Trinajstić information content (AvgIpc) is 3.08. The second-order valence-corrected chi connectivity index (χ2v) is 8.12. The molecule has 2 unspecified atom stereocenters. The van der Waals surface area contributed by atoms with Crippen LogP contribution in [0.3, 0.4) is 0 Å². The zero-order valence-corrected chi connectivity index (χ0v) is 16.3. The Labute approximate surface area is 163 Å². The Morgan fingerprint density at radius 2 is 2.00 bits per heavy atom. The molecule has 6 heteroatoms. The summed E-state index contributed by atoms with van der Waals surface area (Å²) in [6.07, 6.45) is 1.39. The molecule has 3 rings (SSSR count). The minimum atomic E-state index is -0.708. The first kappa shape index (κ1) is 19.3. The van der Waals surface area contributed by atoms with Crippen LogP contribution in [0, 0.1) is 0 Å². The van der Waals surface area contributed by atoms with Crippen LogP contribution < -0.4 is 14.8 Å². The standard InChI is InChI=1S/C21H23NO4S/c1-15(17-4-3-5-19(10-17)25-2)12-26-18-8-6-16(7-9-18)11-21(14-23)13-22-20(24)27-21/h3-10,14-15H,11-13H2,1-2H3,(H,22,24). The molecule has 0 bridgehead atoms. The molecule has 1 N–H and O–H groups in total. The lowest BCUT2D eigenvalue weighted by Gasteiger charge is -2.19. The Morgan fingerprint density at radius 1 is 1.22 bits per heavy atom. The van der Waals surface area contributed by atoms with Crippen molar-refractivity contribution in [2.45, 2.75) is 24.0 Å². The van der Waals surface area contributed by atoms with Gasteiger partial charge in [0.15, 0.2) is 0 Å². The van der Waals surface area contributed by atoms with E-state index in [1.807, 2.05) is 42.5 Å². The molecular weight excluding hydrogens is 362 g/mol. The van der Waals surface area contributed by atoms with Gasteiger partial charge in [0.25, 0.3) is 5.24 Å². The average molecular weight is 385 g/mol. The van der Waals surface area contributed by atoms with E-state index in [1.54, 1.807) is 7.11 Å². The van der Waals surface area contributed by atoms with Gasteiger partial charge in [-0.05, 0) is 53.6 Å². The molecule has 2 atom stereocenters. The number of rotatable bonds is 8. The van der Waals surface area contributed by atoms with Crippen LogP contribution in [0.15, 0.2) is 48.5 Å². The van der Waals surface area contributed by atoms with Crippen LogP contribution in [0.2, 0.25) is 0 Å². The van der Waals surface area contributed by atoms with Gasteiger partial charge in [0.1, 0.15) is 22.5 Å². The summed E-state index contributed by atoms with van der Waals surface area (Å²) in [5, 5.41) is 2.56. The van der Waals surface area contributed by atoms with Crippen molar-refractivity contribution in [2.24, 2.45) is 0 Å². The summed E-state index contributed by atoms with van der Waals surface area (Å²) in [7, 11) is 1.66. The number of methoxy groups -OCH3 is 1. The van der Waals surface area contributed by atoms with Crippen LogP contribution >= 0.6 is 11.8 Å². The Bertz CT molecular complexity index is 808. The van der Waals surface area contributed by atoms with Gasteiger partial charge in [-0.25, -0.2) is 0 Å². The molecule has 2 aromatic carbocycles. The molecule has 1 aliphatic rings. The van der Waals surface area contributed by atoms with Gasteiger partial charge in [-0.3, -0.25) is 4.79 Å². The number of aldehydes is 1. The maximum atomic E-state index is 11.5. The number of carbonyl (C=O) groups excluding carboxylic acids is 2. The van der Waals surface area contributed by atoms with E-state index in [1.165, 1.54) is 0 Å². The molecule has 1 saturated heterocycles. The molecule has 1 fully saturated rings. The van der Waals surface area contributed by atoms with Crippen molar-refractivity contribution in [3.63, 3.8) is 0 Å². The molecule has 1 amide bonds. The highest BCUT2D eigenvalue weighted by Crippen LogP contribution is 2.32. The van der Waals surface area contributed by atoms with Crippen LogP contribution in [0.1, 0.15) is 24.0 Å². The van der Waals surface area contributed by atoms with Crippen molar-refractivity contribution in [3.8, 4) is 11.5 Å². The number of amides is 1. The lowest BCUT2D eigenvalue weighted by Crippen LogP contribution is -2.33. The maximum absolute atomic E-state index is 11.5. The van der Waals surface area contributed by atoms with Crippen molar-refractivity contribution < 1.29 is 19.1 Å². The van der Waals surface area contributed by atoms with E-state index in [0.29, 0.717) is 19.6 Å².